The van der Waals surface area contributed by atoms with E-state index < -0.39 is 11.6 Å². The number of hydrogen-bond donors (Lipinski definition) is 1. The number of hydrogen-bond acceptors (Lipinski definition) is 4. The van der Waals surface area contributed by atoms with Gasteiger partial charge in [0.1, 0.15) is 5.60 Å². The summed E-state index contributed by atoms with van der Waals surface area (Å²) in [5.41, 5.74) is 0.941. The van der Waals surface area contributed by atoms with Crippen molar-refractivity contribution in [1.82, 2.24) is 14.7 Å². The molecule has 1 aliphatic rings. The highest BCUT2D eigenvalue weighted by Gasteiger charge is 2.37. The third-order valence-corrected chi connectivity index (χ3v) is 4.26. The van der Waals surface area contributed by atoms with Crippen LogP contribution < -0.4 is 0 Å². The minimum absolute atomic E-state index is 0.134. The smallest absolute Gasteiger partial charge is 0.335 e. The van der Waals surface area contributed by atoms with Gasteiger partial charge in [-0.2, -0.15) is 5.10 Å². The summed E-state index contributed by atoms with van der Waals surface area (Å²) < 4.78 is 7.61. The molecule has 2 aromatic rings. The molecule has 1 amide bonds. The molecular formula is C17H19N3O4. The number of morpholine rings is 1. The number of aryl methyl sites for hydroxylation is 1. The summed E-state index contributed by atoms with van der Waals surface area (Å²) in [6.07, 6.45) is 3.63. The van der Waals surface area contributed by atoms with Gasteiger partial charge in [-0.05, 0) is 31.2 Å². The monoisotopic (exact) mass is 329 g/mol. The molecule has 7 nitrogen and oxygen atoms in total. The number of aromatic carboxylic acids is 1. The zero-order valence-electron chi connectivity index (χ0n) is 13.6. The molecule has 2 heterocycles. The SMILES string of the molecule is Cn1cc(C2(C)CN(C(=O)c3ccc(C(=O)O)cc3)CCO2)cn1. The van der Waals surface area contributed by atoms with Crippen molar-refractivity contribution in [1.29, 1.82) is 0 Å². The molecule has 24 heavy (non-hydrogen) atoms. The third-order valence-electron chi connectivity index (χ3n) is 4.26. The van der Waals surface area contributed by atoms with Crippen molar-refractivity contribution >= 4 is 11.9 Å². The van der Waals surface area contributed by atoms with Crippen molar-refractivity contribution in [3.8, 4) is 0 Å². The second-order valence-electron chi connectivity index (χ2n) is 6.09. The van der Waals surface area contributed by atoms with Crippen molar-refractivity contribution in [2.24, 2.45) is 7.05 Å². The molecule has 7 heteroatoms. The Hall–Kier alpha value is -2.67. The second-order valence-corrected chi connectivity index (χ2v) is 6.09. The van der Waals surface area contributed by atoms with Crippen LogP contribution in [0.3, 0.4) is 0 Å². The highest BCUT2D eigenvalue weighted by Crippen LogP contribution is 2.29. The lowest BCUT2D eigenvalue weighted by atomic mass is 9.96. The Kier molecular flexibility index (Phi) is 4.11. The van der Waals surface area contributed by atoms with Crippen LogP contribution in [0.2, 0.25) is 0 Å². The summed E-state index contributed by atoms with van der Waals surface area (Å²) in [5, 5.41) is 13.1. The highest BCUT2D eigenvalue weighted by molar-refractivity contribution is 5.96. The van der Waals surface area contributed by atoms with E-state index in [1.54, 1.807) is 27.9 Å². The molecule has 1 atom stereocenters. The zero-order chi connectivity index (χ0) is 17.3. The van der Waals surface area contributed by atoms with Crippen LogP contribution in [0.25, 0.3) is 0 Å². The van der Waals surface area contributed by atoms with Gasteiger partial charge in [-0.25, -0.2) is 4.79 Å². The maximum Gasteiger partial charge on any atom is 0.335 e. The number of carbonyl (C=O) groups is 2. The largest absolute Gasteiger partial charge is 0.478 e. The maximum absolute atomic E-state index is 12.7. The van der Waals surface area contributed by atoms with E-state index in [1.807, 2.05) is 20.2 Å². The maximum atomic E-state index is 12.7. The van der Waals surface area contributed by atoms with Crippen molar-refractivity contribution in [2.75, 3.05) is 19.7 Å². The van der Waals surface area contributed by atoms with Crippen molar-refractivity contribution < 1.29 is 19.4 Å². The summed E-state index contributed by atoms with van der Waals surface area (Å²) in [6.45, 7) is 3.29. The Balaban J connectivity index is 1.79. The number of carboxylic acid groups (broad SMARTS) is 1. The molecule has 1 aromatic heterocycles. The highest BCUT2D eigenvalue weighted by atomic mass is 16.5. The number of carboxylic acids is 1. The van der Waals surface area contributed by atoms with E-state index in [-0.39, 0.29) is 11.5 Å². The second kappa shape index (κ2) is 6.09. The molecule has 1 unspecified atom stereocenters. The minimum atomic E-state index is -1.01. The number of rotatable bonds is 3. The molecule has 1 aliphatic heterocycles. The molecule has 0 radical (unpaired) electrons. The van der Waals surface area contributed by atoms with E-state index in [2.05, 4.69) is 5.10 Å². The van der Waals surface area contributed by atoms with E-state index in [0.717, 1.165) is 5.56 Å². The van der Waals surface area contributed by atoms with Crippen molar-refractivity contribution in [2.45, 2.75) is 12.5 Å². The molecule has 0 spiro atoms. The quantitative estimate of drug-likeness (QED) is 0.922. The van der Waals surface area contributed by atoms with Gasteiger partial charge in [0.2, 0.25) is 0 Å². The Bertz CT molecular complexity index is 768. The summed E-state index contributed by atoms with van der Waals surface area (Å²) in [5.74, 6) is -1.14. The standard InChI is InChI=1S/C17H19N3O4/c1-17(14-9-18-19(2)10-14)11-20(7-8-24-17)15(21)12-3-5-13(6-4-12)16(22)23/h3-6,9-10H,7-8,11H2,1-2H3,(H,22,23). The van der Waals surface area contributed by atoms with Gasteiger partial charge in [-0.15, -0.1) is 0 Å². The number of amides is 1. The fraction of sp³-hybridized carbons (Fsp3) is 0.353. The average molecular weight is 329 g/mol. The van der Waals surface area contributed by atoms with Crippen LogP contribution in [-0.2, 0) is 17.4 Å². The van der Waals surface area contributed by atoms with Crippen LogP contribution in [0, 0.1) is 0 Å². The number of benzene rings is 1. The first-order valence-corrected chi connectivity index (χ1v) is 7.65. The number of ether oxygens (including phenoxy) is 1. The van der Waals surface area contributed by atoms with Crippen LogP contribution in [-0.4, -0.2) is 51.4 Å². The fourth-order valence-corrected chi connectivity index (χ4v) is 2.85. The summed E-state index contributed by atoms with van der Waals surface area (Å²) in [6, 6.07) is 5.97. The molecule has 1 N–H and O–H groups in total. The van der Waals surface area contributed by atoms with Crippen LogP contribution in [0.4, 0.5) is 0 Å². The van der Waals surface area contributed by atoms with Crippen LogP contribution >= 0.6 is 0 Å². The predicted octanol–water partition coefficient (Wildman–Crippen LogP) is 1.51. The van der Waals surface area contributed by atoms with Crippen molar-refractivity contribution in [3.63, 3.8) is 0 Å². The first-order chi connectivity index (χ1) is 11.4. The van der Waals surface area contributed by atoms with E-state index in [9.17, 15) is 9.59 Å². The Morgan fingerprint density at radius 2 is 1.92 bits per heavy atom. The van der Waals surface area contributed by atoms with Gasteiger partial charge in [-0.3, -0.25) is 9.48 Å². The number of aromatic nitrogens is 2. The summed E-state index contributed by atoms with van der Waals surface area (Å²) >= 11 is 0. The Labute approximate surface area is 139 Å². The molecule has 1 fully saturated rings. The van der Waals surface area contributed by atoms with E-state index in [1.165, 1.54) is 12.1 Å². The molecule has 0 saturated carbocycles. The van der Waals surface area contributed by atoms with Gasteiger partial charge in [-0.1, -0.05) is 0 Å². The molecule has 1 saturated heterocycles. The van der Waals surface area contributed by atoms with E-state index in [0.29, 0.717) is 25.3 Å². The molecule has 3 rings (SSSR count). The first-order valence-electron chi connectivity index (χ1n) is 7.65. The predicted molar refractivity (Wildman–Crippen MR) is 85.8 cm³/mol. The lowest BCUT2D eigenvalue weighted by molar-refractivity contribution is -0.0931. The minimum Gasteiger partial charge on any atom is -0.478 e. The summed E-state index contributed by atoms with van der Waals surface area (Å²) in [7, 11) is 1.84. The molecule has 0 bridgehead atoms. The van der Waals surface area contributed by atoms with Gasteiger partial charge in [0, 0.05) is 30.9 Å². The molecular weight excluding hydrogens is 310 g/mol. The third kappa shape index (κ3) is 3.03. The van der Waals surface area contributed by atoms with Gasteiger partial charge in [0.25, 0.3) is 5.91 Å². The zero-order valence-corrected chi connectivity index (χ0v) is 13.6. The van der Waals surface area contributed by atoms with Crippen LogP contribution in [0.5, 0.6) is 0 Å². The van der Waals surface area contributed by atoms with Gasteiger partial charge in [0.15, 0.2) is 0 Å². The lowest BCUT2D eigenvalue weighted by Crippen LogP contribution is -2.50. The van der Waals surface area contributed by atoms with Gasteiger partial charge >= 0.3 is 5.97 Å². The van der Waals surface area contributed by atoms with Gasteiger partial charge in [0.05, 0.1) is 24.9 Å². The summed E-state index contributed by atoms with van der Waals surface area (Å²) in [4.78, 5) is 25.3. The molecule has 0 aliphatic carbocycles. The molecule has 126 valence electrons. The topological polar surface area (TPSA) is 84.7 Å². The van der Waals surface area contributed by atoms with Crippen LogP contribution in [0.1, 0.15) is 33.2 Å². The number of carbonyl (C=O) groups excluding carboxylic acids is 1. The number of nitrogens with zero attached hydrogens (tertiary/aromatic N) is 3. The van der Waals surface area contributed by atoms with Crippen LogP contribution in [0.15, 0.2) is 36.7 Å². The first kappa shape index (κ1) is 16.2. The van der Waals surface area contributed by atoms with Crippen molar-refractivity contribution in [3.05, 3.63) is 53.3 Å². The Morgan fingerprint density at radius 1 is 1.25 bits per heavy atom. The fourth-order valence-electron chi connectivity index (χ4n) is 2.85. The Morgan fingerprint density at radius 3 is 2.50 bits per heavy atom. The average Bonchev–Trinajstić information content (AvgIpc) is 3.02. The molecule has 1 aromatic carbocycles. The normalized spacial score (nSPS) is 20.8. The van der Waals surface area contributed by atoms with E-state index >= 15 is 0 Å². The van der Waals surface area contributed by atoms with E-state index in [4.69, 9.17) is 9.84 Å². The lowest BCUT2D eigenvalue weighted by Gasteiger charge is -2.40. The van der Waals surface area contributed by atoms with Gasteiger partial charge < -0.3 is 14.7 Å².